The zero-order chi connectivity index (χ0) is 12.8. The number of carbonyl (C=O) groups is 1. The first-order valence-electron chi connectivity index (χ1n) is 7.77. The summed E-state index contributed by atoms with van der Waals surface area (Å²) in [5.74, 6) is 1.01. The average Bonchev–Trinajstić information content (AvgIpc) is 2.38. The maximum Gasteiger partial charge on any atom is 0.234 e. The van der Waals surface area contributed by atoms with Crippen molar-refractivity contribution in [3.8, 4) is 0 Å². The molecule has 2 saturated carbocycles. The number of hydrogen-bond donors (Lipinski definition) is 2. The molecule has 1 amide bonds. The van der Waals surface area contributed by atoms with E-state index >= 15 is 0 Å². The van der Waals surface area contributed by atoms with Gasteiger partial charge in [-0.25, -0.2) is 0 Å². The zero-order valence-corrected chi connectivity index (χ0v) is 11.7. The molecule has 0 aromatic carbocycles. The van der Waals surface area contributed by atoms with Gasteiger partial charge in [0.1, 0.15) is 0 Å². The zero-order valence-electron chi connectivity index (χ0n) is 11.7. The van der Waals surface area contributed by atoms with Gasteiger partial charge in [-0.2, -0.15) is 0 Å². The fourth-order valence-electron chi connectivity index (χ4n) is 3.38. The van der Waals surface area contributed by atoms with Crippen LogP contribution in [0.5, 0.6) is 0 Å². The normalized spacial score (nSPS) is 30.1. The van der Waals surface area contributed by atoms with E-state index in [1.54, 1.807) is 0 Å². The lowest BCUT2D eigenvalue weighted by molar-refractivity contribution is -0.121. The lowest BCUT2D eigenvalue weighted by Crippen LogP contribution is -2.44. The van der Waals surface area contributed by atoms with Crippen molar-refractivity contribution in [3.63, 3.8) is 0 Å². The van der Waals surface area contributed by atoms with Crippen molar-refractivity contribution in [1.29, 1.82) is 0 Å². The standard InChI is InChI=1S/C15H28N2O/c1-12-6-5-9-14(10-12)16-11-15(18)17-13-7-3-2-4-8-13/h12-14,16H,2-11H2,1H3,(H,17,18). The van der Waals surface area contributed by atoms with Crippen molar-refractivity contribution in [1.82, 2.24) is 10.6 Å². The Morgan fingerprint density at radius 1 is 1.00 bits per heavy atom. The van der Waals surface area contributed by atoms with Gasteiger partial charge >= 0.3 is 0 Å². The van der Waals surface area contributed by atoms with Crippen LogP contribution in [-0.4, -0.2) is 24.5 Å². The topological polar surface area (TPSA) is 41.1 Å². The van der Waals surface area contributed by atoms with Gasteiger partial charge in [0, 0.05) is 12.1 Å². The molecule has 2 unspecified atom stereocenters. The first kappa shape index (κ1) is 13.9. The lowest BCUT2D eigenvalue weighted by atomic mass is 9.87. The summed E-state index contributed by atoms with van der Waals surface area (Å²) in [7, 11) is 0. The van der Waals surface area contributed by atoms with Crippen molar-refractivity contribution in [2.45, 2.75) is 76.8 Å². The number of nitrogens with one attached hydrogen (secondary N) is 2. The molecule has 0 radical (unpaired) electrons. The minimum Gasteiger partial charge on any atom is -0.352 e. The lowest BCUT2D eigenvalue weighted by Gasteiger charge is -2.28. The third-order valence-corrected chi connectivity index (χ3v) is 4.46. The smallest absolute Gasteiger partial charge is 0.234 e. The molecule has 0 heterocycles. The molecule has 0 aromatic heterocycles. The molecule has 0 spiro atoms. The highest BCUT2D eigenvalue weighted by Crippen LogP contribution is 2.23. The van der Waals surface area contributed by atoms with Gasteiger partial charge < -0.3 is 10.6 Å². The number of hydrogen-bond acceptors (Lipinski definition) is 2. The molecule has 0 saturated heterocycles. The fraction of sp³-hybridized carbons (Fsp3) is 0.933. The van der Waals surface area contributed by atoms with Crippen molar-refractivity contribution in [3.05, 3.63) is 0 Å². The average molecular weight is 252 g/mol. The summed E-state index contributed by atoms with van der Waals surface area (Å²) in [5, 5.41) is 6.60. The van der Waals surface area contributed by atoms with Gasteiger partial charge in [-0.3, -0.25) is 4.79 Å². The monoisotopic (exact) mass is 252 g/mol. The van der Waals surface area contributed by atoms with Gasteiger partial charge in [-0.15, -0.1) is 0 Å². The molecule has 2 N–H and O–H groups in total. The van der Waals surface area contributed by atoms with Gasteiger partial charge in [0.15, 0.2) is 0 Å². The Kier molecular flexibility index (Phi) is 5.48. The van der Waals surface area contributed by atoms with Gasteiger partial charge in [0.05, 0.1) is 6.54 Å². The molecule has 0 bridgehead atoms. The highest BCUT2D eigenvalue weighted by atomic mass is 16.1. The number of amides is 1. The quantitative estimate of drug-likeness (QED) is 0.807. The van der Waals surface area contributed by atoms with Crippen molar-refractivity contribution in [2.75, 3.05) is 6.54 Å². The van der Waals surface area contributed by atoms with Crippen LogP contribution in [-0.2, 0) is 4.79 Å². The van der Waals surface area contributed by atoms with E-state index in [0.717, 1.165) is 5.92 Å². The van der Waals surface area contributed by atoms with Crippen molar-refractivity contribution < 1.29 is 4.79 Å². The Morgan fingerprint density at radius 2 is 1.72 bits per heavy atom. The third kappa shape index (κ3) is 4.60. The van der Waals surface area contributed by atoms with Crippen LogP contribution in [0.4, 0.5) is 0 Å². The first-order chi connectivity index (χ1) is 8.74. The molecule has 2 atom stereocenters. The molecule has 18 heavy (non-hydrogen) atoms. The fourth-order valence-corrected chi connectivity index (χ4v) is 3.38. The summed E-state index contributed by atoms with van der Waals surface area (Å²) in [6, 6.07) is 1.00. The molecule has 0 aliphatic heterocycles. The minimum absolute atomic E-state index is 0.195. The van der Waals surface area contributed by atoms with Crippen LogP contribution in [0.1, 0.15) is 64.7 Å². The van der Waals surface area contributed by atoms with Crippen LogP contribution >= 0.6 is 0 Å². The van der Waals surface area contributed by atoms with Crippen LogP contribution in [0, 0.1) is 5.92 Å². The number of carbonyl (C=O) groups excluding carboxylic acids is 1. The van der Waals surface area contributed by atoms with Crippen molar-refractivity contribution in [2.24, 2.45) is 5.92 Å². The maximum absolute atomic E-state index is 11.9. The second kappa shape index (κ2) is 7.13. The summed E-state index contributed by atoms with van der Waals surface area (Å²) in [6.07, 6.45) is 11.4. The summed E-state index contributed by atoms with van der Waals surface area (Å²) < 4.78 is 0. The minimum atomic E-state index is 0.195. The van der Waals surface area contributed by atoms with Crippen LogP contribution in [0.2, 0.25) is 0 Å². The van der Waals surface area contributed by atoms with E-state index in [4.69, 9.17) is 0 Å². The highest BCUT2D eigenvalue weighted by Gasteiger charge is 2.20. The molecule has 0 aromatic rings. The predicted molar refractivity (Wildman–Crippen MR) is 74.4 cm³/mol. The van der Waals surface area contributed by atoms with Crippen LogP contribution in [0.25, 0.3) is 0 Å². The first-order valence-corrected chi connectivity index (χ1v) is 7.77. The van der Waals surface area contributed by atoms with Gasteiger partial charge in [0.2, 0.25) is 5.91 Å². The van der Waals surface area contributed by atoms with E-state index in [1.165, 1.54) is 57.8 Å². The predicted octanol–water partition coefficient (Wildman–Crippen LogP) is 2.60. The second-order valence-corrected chi connectivity index (χ2v) is 6.25. The SMILES string of the molecule is CC1CCCC(NCC(=O)NC2CCCCC2)C1. The summed E-state index contributed by atoms with van der Waals surface area (Å²) >= 11 is 0. The Hall–Kier alpha value is -0.570. The summed E-state index contributed by atoms with van der Waals surface area (Å²) in [6.45, 7) is 2.82. The van der Waals surface area contributed by atoms with Crippen LogP contribution < -0.4 is 10.6 Å². The third-order valence-electron chi connectivity index (χ3n) is 4.46. The molecular weight excluding hydrogens is 224 g/mol. The van der Waals surface area contributed by atoms with E-state index < -0.39 is 0 Å². The van der Waals surface area contributed by atoms with Gasteiger partial charge in [0.25, 0.3) is 0 Å². The van der Waals surface area contributed by atoms with Gasteiger partial charge in [-0.05, 0) is 31.6 Å². The van der Waals surface area contributed by atoms with Crippen LogP contribution in [0.15, 0.2) is 0 Å². The van der Waals surface area contributed by atoms with Crippen molar-refractivity contribution >= 4 is 5.91 Å². The Bertz CT molecular complexity index is 261. The van der Waals surface area contributed by atoms with E-state index in [0.29, 0.717) is 18.6 Å². The number of rotatable bonds is 4. The molecule has 104 valence electrons. The summed E-state index contributed by atoms with van der Waals surface area (Å²) in [5.41, 5.74) is 0. The van der Waals surface area contributed by atoms with E-state index in [2.05, 4.69) is 17.6 Å². The van der Waals surface area contributed by atoms with E-state index in [9.17, 15) is 4.79 Å². The maximum atomic E-state index is 11.9. The Morgan fingerprint density at radius 3 is 2.44 bits per heavy atom. The molecular formula is C15H28N2O. The molecule has 2 rings (SSSR count). The van der Waals surface area contributed by atoms with E-state index in [-0.39, 0.29) is 5.91 Å². The van der Waals surface area contributed by atoms with E-state index in [1.807, 2.05) is 0 Å². The Balaban J connectivity index is 1.61. The second-order valence-electron chi connectivity index (χ2n) is 6.25. The highest BCUT2D eigenvalue weighted by molar-refractivity contribution is 5.78. The van der Waals surface area contributed by atoms with Gasteiger partial charge in [-0.1, -0.05) is 39.0 Å². The largest absolute Gasteiger partial charge is 0.352 e. The summed E-state index contributed by atoms with van der Waals surface area (Å²) in [4.78, 5) is 11.9. The van der Waals surface area contributed by atoms with Crippen LogP contribution in [0.3, 0.4) is 0 Å². The Labute approximate surface area is 111 Å². The molecule has 2 aliphatic carbocycles. The molecule has 3 nitrogen and oxygen atoms in total. The molecule has 2 aliphatic rings. The molecule has 3 heteroatoms. The molecule has 2 fully saturated rings.